The number of hydrogen-bond acceptors (Lipinski definition) is 2. The SMILES string of the molecule is CC(C)(C)c1ccc2cc3oc4ccc(-c5c6ccccc6c(-c6ccc7oc8c9cccc%10ccc%11cccc(c8c7c6)c%11c%109)c6ccccc56)cc4c3cc2c1. The Morgan fingerprint density at radius 1 is 0.328 bits per heavy atom. The van der Waals surface area contributed by atoms with Crippen LogP contribution in [0.15, 0.2) is 173 Å². The van der Waals surface area contributed by atoms with Crippen LogP contribution in [0.1, 0.15) is 26.3 Å². The third kappa shape index (κ3) is 4.32. The molecule has 13 aromatic rings. The van der Waals surface area contributed by atoms with E-state index in [1.807, 2.05) is 0 Å². The van der Waals surface area contributed by atoms with Gasteiger partial charge >= 0.3 is 0 Å². The zero-order valence-corrected chi connectivity index (χ0v) is 32.4. The summed E-state index contributed by atoms with van der Waals surface area (Å²) in [4.78, 5) is 0. The molecule has 0 radical (unpaired) electrons. The van der Waals surface area contributed by atoms with Gasteiger partial charge in [-0.25, -0.2) is 0 Å². The van der Waals surface area contributed by atoms with Gasteiger partial charge in [-0.2, -0.15) is 0 Å². The van der Waals surface area contributed by atoms with E-state index in [-0.39, 0.29) is 5.41 Å². The van der Waals surface area contributed by atoms with Crippen molar-refractivity contribution in [2.75, 3.05) is 0 Å². The van der Waals surface area contributed by atoms with Crippen LogP contribution in [-0.2, 0) is 5.41 Å². The van der Waals surface area contributed by atoms with Crippen molar-refractivity contribution in [3.63, 3.8) is 0 Å². The molecular weight excluding hydrogens is 705 g/mol. The quantitative estimate of drug-likeness (QED) is 0.130. The zero-order chi connectivity index (χ0) is 38.4. The predicted octanol–water partition coefficient (Wildman–Crippen LogP) is 16.5. The highest BCUT2D eigenvalue weighted by atomic mass is 16.3. The molecule has 0 spiro atoms. The van der Waals surface area contributed by atoms with Gasteiger partial charge < -0.3 is 8.83 Å². The number of benzene rings is 11. The van der Waals surface area contributed by atoms with E-state index in [9.17, 15) is 0 Å². The third-order valence-corrected chi connectivity index (χ3v) is 12.9. The largest absolute Gasteiger partial charge is 0.456 e. The van der Waals surface area contributed by atoms with Gasteiger partial charge in [0.2, 0.25) is 0 Å². The molecule has 13 rings (SSSR count). The van der Waals surface area contributed by atoms with E-state index < -0.39 is 0 Å². The van der Waals surface area contributed by atoms with Gasteiger partial charge in [-0.1, -0.05) is 148 Å². The molecule has 272 valence electrons. The van der Waals surface area contributed by atoms with Gasteiger partial charge in [0, 0.05) is 32.3 Å². The van der Waals surface area contributed by atoms with Crippen LogP contribution >= 0.6 is 0 Å². The first-order valence-electron chi connectivity index (χ1n) is 20.2. The summed E-state index contributed by atoms with van der Waals surface area (Å²) < 4.78 is 13.3. The Kier molecular flexibility index (Phi) is 6.20. The minimum atomic E-state index is 0.0721. The molecule has 11 aromatic carbocycles. The van der Waals surface area contributed by atoms with E-state index in [1.54, 1.807) is 0 Å². The van der Waals surface area contributed by atoms with Crippen LogP contribution in [-0.4, -0.2) is 0 Å². The Morgan fingerprint density at radius 3 is 1.50 bits per heavy atom. The van der Waals surface area contributed by atoms with Crippen LogP contribution in [0.2, 0.25) is 0 Å². The Bertz CT molecular complexity index is 3830. The summed E-state index contributed by atoms with van der Waals surface area (Å²) in [6, 6.07) is 60.4. The Morgan fingerprint density at radius 2 is 0.862 bits per heavy atom. The molecule has 0 amide bonds. The first-order chi connectivity index (χ1) is 28.4. The third-order valence-electron chi connectivity index (χ3n) is 12.9. The molecular formula is C56H36O2. The first kappa shape index (κ1) is 32.0. The lowest BCUT2D eigenvalue weighted by Gasteiger charge is -2.19. The molecule has 0 aliphatic carbocycles. The summed E-state index contributed by atoms with van der Waals surface area (Å²) >= 11 is 0. The van der Waals surface area contributed by atoms with Gasteiger partial charge in [-0.3, -0.25) is 0 Å². The van der Waals surface area contributed by atoms with Gasteiger partial charge in [-0.05, 0) is 123 Å². The predicted molar refractivity (Wildman–Crippen MR) is 247 cm³/mol. The first-order valence-corrected chi connectivity index (χ1v) is 20.2. The molecule has 0 bridgehead atoms. The maximum Gasteiger partial charge on any atom is 0.143 e. The minimum absolute atomic E-state index is 0.0721. The Balaban J connectivity index is 1.06. The van der Waals surface area contributed by atoms with Crippen molar-refractivity contribution in [2.45, 2.75) is 26.2 Å². The van der Waals surface area contributed by atoms with Crippen LogP contribution in [0, 0.1) is 0 Å². The Hall–Kier alpha value is -7.16. The molecule has 2 nitrogen and oxygen atoms in total. The highest BCUT2D eigenvalue weighted by molar-refractivity contribution is 6.37. The normalized spacial score (nSPS) is 12.7. The minimum Gasteiger partial charge on any atom is -0.456 e. The lowest BCUT2D eigenvalue weighted by molar-refractivity contribution is 0.591. The van der Waals surface area contributed by atoms with E-state index in [2.05, 4.69) is 185 Å². The second-order valence-corrected chi connectivity index (χ2v) is 17.2. The number of hydrogen-bond donors (Lipinski definition) is 0. The molecule has 2 aromatic heterocycles. The molecule has 0 saturated carbocycles. The van der Waals surface area contributed by atoms with Gasteiger partial charge in [-0.15, -0.1) is 0 Å². The molecule has 2 heterocycles. The standard InChI is InChI=1S/C56H36O2/c1-56(2,3)37-23-20-33-30-49-45(29-36(33)26-37)44-27-34(21-24-47(44)57-49)50-38-12-4-6-14-40(38)51(41-15-7-5-13-39(41)50)35-22-25-48-46(28-35)54-42-16-8-10-31-18-19-32-11-9-17-43(55(54)58-48)53(32)52(31)42/h4-30H,1-3H3. The highest BCUT2D eigenvalue weighted by Gasteiger charge is 2.22. The highest BCUT2D eigenvalue weighted by Crippen LogP contribution is 2.48. The van der Waals surface area contributed by atoms with E-state index in [0.717, 1.165) is 38.5 Å². The van der Waals surface area contributed by atoms with Crippen molar-refractivity contribution in [3.05, 3.63) is 169 Å². The second-order valence-electron chi connectivity index (χ2n) is 17.2. The lowest BCUT2D eigenvalue weighted by Crippen LogP contribution is -2.10. The molecule has 0 unspecified atom stereocenters. The Labute approximate surface area is 333 Å². The van der Waals surface area contributed by atoms with Gasteiger partial charge in [0.05, 0.1) is 0 Å². The zero-order valence-electron chi connectivity index (χ0n) is 32.4. The van der Waals surface area contributed by atoms with Crippen LogP contribution in [0.3, 0.4) is 0 Å². The van der Waals surface area contributed by atoms with Crippen molar-refractivity contribution >= 4 is 109 Å². The fourth-order valence-electron chi connectivity index (χ4n) is 10.2. The number of fused-ring (bicyclic) bond motifs is 11. The van der Waals surface area contributed by atoms with E-state index in [0.29, 0.717) is 0 Å². The van der Waals surface area contributed by atoms with Crippen LogP contribution in [0.5, 0.6) is 0 Å². The van der Waals surface area contributed by atoms with Gasteiger partial charge in [0.15, 0.2) is 0 Å². The van der Waals surface area contributed by atoms with E-state index in [4.69, 9.17) is 8.83 Å². The molecule has 0 atom stereocenters. The second kappa shape index (κ2) is 11.2. The van der Waals surface area contributed by atoms with Crippen molar-refractivity contribution in [3.8, 4) is 22.3 Å². The fraction of sp³-hybridized carbons (Fsp3) is 0.0714. The molecule has 58 heavy (non-hydrogen) atoms. The monoisotopic (exact) mass is 740 g/mol. The van der Waals surface area contributed by atoms with Crippen LogP contribution in [0.25, 0.3) is 131 Å². The van der Waals surface area contributed by atoms with E-state index >= 15 is 0 Å². The summed E-state index contributed by atoms with van der Waals surface area (Å²) in [6.07, 6.45) is 0. The van der Waals surface area contributed by atoms with E-state index in [1.165, 1.54) is 97.8 Å². The fourth-order valence-corrected chi connectivity index (χ4v) is 10.2. The maximum atomic E-state index is 6.81. The van der Waals surface area contributed by atoms with Gasteiger partial charge in [0.25, 0.3) is 0 Å². The summed E-state index contributed by atoms with van der Waals surface area (Å²) in [6.45, 7) is 6.82. The van der Waals surface area contributed by atoms with Crippen molar-refractivity contribution in [1.29, 1.82) is 0 Å². The summed E-state index contributed by atoms with van der Waals surface area (Å²) in [5.41, 5.74) is 9.92. The smallest absolute Gasteiger partial charge is 0.143 e. The summed E-state index contributed by atoms with van der Waals surface area (Å²) in [7, 11) is 0. The summed E-state index contributed by atoms with van der Waals surface area (Å²) in [5.74, 6) is 0. The molecule has 0 aliphatic rings. The number of rotatable bonds is 2. The molecule has 0 N–H and O–H groups in total. The van der Waals surface area contributed by atoms with Crippen LogP contribution in [0.4, 0.5) is 0 Å². The van der Waals surface area contributed by atoms with Crippen molar-refractivity contribution in [2.24, 2.45) is 0 Å². The molecule has 0 aliphatic heterocycles. The van der Waals surface area contributed by atoms with Crippen molar-refractivity contribution in [1.82, 2.24) is 0 Å². The lowest BCUT2D eigenvalue weighted by atomic mass is 9.85. The average molecular weight is 741 g/mol. The molecule has 0 saturated heterocycles. The maximum absolute atomic E-state index is 6.81. The average Bonchev–Trinajstić information content (AvgIpc) is 3.81. The topological polar surface area (TPSA) is 26.3 Å². The summed E-state index contributed by atoms with van der Waals surface area (Å²) in [5, 5.41) is 19.4. The van der Waals surface area contributed by atoms with Crippen LogP contribution < -0.4 is 0 Å². The van der Waals surface area contributed by atoms with Gasteiger partial charge in [0.1, 0.15) is 22.3 Å². The van der Waals surface area contributed by atoms with Crippen molar-refractivity contribution < 1.29 is 8.83 Å². The number of furan rings is 2. The molecule has 0 fully saturated rings. The molecule has 2 heteroatoms.